The van der Waals surface area contributed by atoms with Gasteiger partial charge in [0, 0.05) is 0 Å². The largest absolute Gasteiger partial charge is 0.374 e. The van der Waals surface area contributed by atoms with E-state index in [1.165, 1.54) is 16.7 Å². The van der Waals surface area contributed by atoms with Crippen LogP contribution in [-0.4, -0.2) is 6.10 Å². The van der Waals surface area contributed by atoms with Crippen LogP contribution in [0.15, 0.2) is 18.2 Å². The molecule has 1 heteroatoms. The summed E-state index contributed by atoms with van der Waals surface area (Å²) in [6.45, 7) is 9.13. The molecule has 0 aliphatic heterocycles. The van der Waals surface area contributed by atoms with Crippen LogP contribution in [-0.2, 0) is 11.3 Å². The van der Waals surface area contributed by atoms with E-state index in [1.807, 2.05) is 0 Å². The SMILES string of the molecule is Cc1cccc(COC(C)C)c1C. The van der Waals surface area contributed by atoms with Gasteiger partial charge in [0.15, 0.2) is 0 Å². The number of rotatable bonds is 3. The summed E-state index contributed by atoms with van der Waals surface area (Å²) in [6.07, 6.45) is 0.305. The summed E-state index contributed by atoms with van der Waals surface area (Å²) in [5.74, 6) is 0. The molecule has 0 heterocycles. The van der Waals surface area contributed by atoms with Gasteiger partial charge in [0.2, 0.25) is 0 Å². The topological polar surface area (TPSA) is 9.23 Å². The molecule has 0 bridgehead atoms. The van der Waals surface area contributed by atoms with Crippen LogP contribution >= 0.6 is 0 Å². The third kappa shape index (κ3) is 2.85. The molecule has 0 aliphatic carbocycles. The van der Waals surface area contributed by atoms with Gasteiger partial charge in [0.1, 0.15) is 0 Å². The maximum Gasteiger partial charge on any atom is 0.0723 e. The van der Waals surface area contributed by atoms with Crippen LogP contribution in [0, 0.1) is 13.8 Å². The highest BCUT2D eigenvalue weighted by molar-refractivity contribution is 5.32. The number of hydrogen-bond donors (Lipinski definition) is 0. The number of aryl methyl sites for hydroxylation is 1. The molecule has 72 valence electrons. The molecule has 0 aromatic heterocycles. The molecule has 0 saturated carbocycles. The Balaban J connectivity index is 2.71. The van der Waals surface area contributed by atoms with Crippen LogP contribution < -0.4 is 0 Å². The van der Waals surface area contributed by atoms with Crippen molar-refractivity contribution in [1.82, 2.24) is 0 Å². The molecule has 0 amide bonds. The normalized spacial score (nSPS) is 10.8. The van der Waals surface area contributed by atoms with Crippen molar-refractivity contribution in [2.75, 3.05) is 0 Å². The number of ether oxygens (including phenoxy) is 1. The first kappa shape index (κ1) is 10.3. The third-order valence-electron chi connectivity index (χ3n) is 2.29. The molecule has 0 N–H and O–H groups in total. The minimum atomic E-state index is 0.305. The first-order valence-corrected chi connectivity index (χ1v) is 4.78. The lowest BCUT2D eigenvalue weighted by Crippen LogP contribution is -2.03. The van der Waals surface area contributed by atoms with Crippen molar-refractivity contribution in [3.63, 3.8) is 0 Å². The lowest BCUT2D eigenvalue weighted by Gasteiger charge is -2.11. The fraction of sp³-hybridized carbons (Fsp3) is 0.500. The zero-order valence-corrected chi connectivity index (χ0v) is 8.92. The highest BCUT2D eigenvalue weighted by Crippen LogP contribution is 2.14. The van der Waals surface area contributed by atoms with E-state index in [2.05, 4.69) is 45.9 Å². The van der Waals surface area contributed by atoms with E-state index in [9.17, 15) is 0 Å². The Bertz CT molecular complexity index is 276. The molecule has 1 aromatic rings. The van der Waals surface area contributed by atoms with E-state index in [0.717, 1.165) is 6.61 Å². The minimum absolute atomic E-state index is 0.305. The van der Waals surface area contributed by atoms with Gasteiger partial charge in [0.25, 0.3) is 0 Å². The Morgan fingerprint density at radius 3 is 2.54 bits per heavy atom. The summed E-state index contributed by atoms with van der Waals surface area (Å²) in [4.78, 5) is 0. The Morgan fingerprint density at radius 1 is 1.23 bits per heavy atom. The molecule has 0 saturated heterocycles. The average Bonchev–Trinajstić information content (AvgIpc) is 2.07. The first-order valence-electron chi connectivity index (χ1n) is 4.78. The Kier molecular flexibility index (Phi) is 3.49. The first-order chi connectivity index (χ1) is 6.11. The Labute approximate surface area is 80.7 Å². The highest BCUT2D eigenvalue weighted by atomic mass is 16.5. The molecule has 0 spiro atoms. The molecule has 0 unspecified atom stereocenters. The standard InChI is InChI=1S/C12H18O/c1-9(2)13-8-12-7-5-6-10(3)11(12)4/h5-7,9H,8H2,1-4H3. The molecular formula is C12H18O. The molecule has 1 nitrogen and oxygen atoms in total. The van der Waals surface area contributed by atoms with Crippen molar-refractivity contribution >= 4 is 0 Å². The van der Waals surface area contributed by atoms with Crippen molar-refractivity contribution in [2.45, 2.75) is 40.4 Å². The smallest absolute Gasteiger partial charge is 0.0723 e. The summed E-state index contributed by atoms with van der Waals surface area (Å²) in [5.41, 5.74) is 3.99. The van der Waals surface area contributed by atoms with Gasteiger partial charge in [-0.1, -0.05) is 18.2 Å². The highest BCUT2D eigenvalue weighted by Gasteiger charge is 2.01. The maximum absolute atomic E-state index is 5.56. The van der Waals surface area contributed by atoms with Gasteiger partial charge < -0.3 is 4.74 Å². The van der Waals surface area contributed by atoms with Gasteiger partial charge >= 0.3 is 0 Å². The summed E-state index contributed by atoms with van der Waals surface area (Å²) < 4.78 is 5.56. The zero-order chi connectivity index (χ0) is 9.84. The maximum atomic E-state index is 5.56. The van der Waals surface area contributed by atoms with Gasteiger partial charge in [-0.15, -0.1) is 0 Å². The van der Waals surface area contributed by atoms with E-state index >= 15 is 0 Å². The van der Waals surface area contributed by atoms with Crippen LogP contribution in [0.25, 0.3) is 0 Å². The van der Waals surface area contributed by atoms with Crippen molar-refractivity contribution in [1.29, 1.82) is 0 Å². The van der Waals surface area contributed by atoms with E-state index in [1.54, 1.807) is 0 Å². The second kappa shape index (κ2) is 4.43. The Hall–Kier alpha value is -0.820. The van der Waals surface area contributed by atoms with E-state index in [-0.39, 0.29) is 0 Å². The fourth-order valence-electron chi connectivity index (χ4n) is 1.22. The van der Waals surface area contributed by atoms with Gasteiger partial charge in [-0.25, -0.2) is 0 Å². The van der Waals surface area contributed by atoms with Crippen molar-refractivity contribution < 1.29 is 4.74 Å². The van der Waals surface area contributed by atoms with Crippen LogP contribution in [0.1, 0.15) is 30.5 Å². The molecular weight excluding hydrogens is 160 g/mol. The average molecular weight is 178 g/mol. The second-order valence-electron chi connectivity index (χ2n) is 3.72. The zero-order valence-electron chi connectivity index (χ0n) is 8.92. The molecule has 0 radical (unpaired) electrons. The van der Waals surface area contributed by atoms with Crippen molar-refractivity contribution in [2.24, 2.45) is 0 Å². The number of hydrogen-bond acceptors (Lipinski definition) is 1. The van der Waals surface area contributed by atoms with Crippen LogP contribution in [0.3, 0.4) is 0 Å². The van der Waals surface area contributed by atoms with Gasteiger partial charge in [0.05, 0.1) is 12.7 Å². The molecule has 0 aliphatic rings. The van der Waals surface area contributed by atoms with Crippen LogP contribution in [0.5, 0.6) is 0 Å². The van der Waals surface area contributed by atoms with E-state index in [4.69, 9.17) is 4.74 Å². The van der Waals surface area contributed by atoms with E-state index < -0.39 is 0 Å². The molecule has 13 heavy (non-hydrogen) atoms. The van der Waals surface area contributed by atoms with Crippen LogP contribution in [0.4, 0.5) is 0 Å². The minimum Gasteiger partial charge on any atom is -0.374 e. The Morgan fingerprint density at radius 2 is 1.92 bits per heavy atom. The summed E-state index contributed by atoms with van der Waals surface area (Å²) in [7, 11) is 0. The lowest BCUT2D eigenvalue weighted by atomic mass is 10.0. The van der Waals surface area contributed by atoms with Crippen molar-refractivity contribution in [3.05, 3.63) is 34.9 Å². The monoisotopic (exact) mass is 178 g/mol. The predicted octanol–water partition coefficient (Wildman–Crippen LogP) is 3.23. The quantitative estimate of drug-likeness (QED) is 0.690. The fourth-order valence-corrected chi connectivity index (χ4v) is 1.22. The molecule has 0 fully saturated rings. The van der Waals surface area contributed by atoms with Gasteiger partial charge in [-0.2, -0.15) is 0 Å². The number of benzene rings is 1. The van der Waals surface area contributed by atoms with Crippen molar-refractivity contribution in [3.8, 4) is 0 Å². The van der Waals surface area contributed by atoms with Gasteiger partial charge in [-0.3, -0.25) is 0 Å². The third-order valence-corrected chi connectivity index (χ3v) is 2.29. The van der Waals surface area contributed by atoms with Crippen LogP contribution in [0.2, 0.25) is 0 Å². The second-order valence-corrected chi connectivity index (χ2v) is 3.72. The molecule has 1 aromatic carbocycles. The van der Waals surface area contributed by atoms with E-state index in [0.29, 0.717) is 6.10 Å². The predicted molar refractivity (Wildman–Crippen MR) is 55.8 cm³/mol. The molecule has 0 atom stereocenters. The summed E-state index contributed by atoms with van der Waals surface area (Å²) in [5, 5.41) is 0. The molecule has 1 rings (SSSR count). The summed E-state index contributed by atoms with van der Waals surface area (Å²) >= 11 is 0. The lowest BCUT2D eigenvalue weighted by molar-refractivity contribution is 0.0654. The summed E-state index contributed by atoms with van der Waals surface area (Å²) in [6, 6.07) is 6.35. The van der Waals surface area contributed by atoms with Gasteiger partial charge in [-0.05, 0) is 44.4 Å².